The van der Waals surface area contributed by atoms with Crippen molar-refractivity contribution in [2.45, 2.75) is 125 Å². The SMILES string of the molecule is CC.CC(=O)c1ncccc1O.CCCC(CC)(CCC)c1c(CC)n(CC(=O)Nc2ccc(C(F)(F)F)cc2C(C)C)c2nc(-c3ccc(C(=O)N(C)C)nc3)nn2c1=O. The summed E-state index contributed by atoms with van der Waals surface area (Å²) in [6, 6.07) is 9.52. The van der Waals surface area contributed by atoms with Crippen LogP contribution < -0.4 is 10.9 Å². The van der Waals surface area contributed by atoms with Crippen LogP contribution in [0.1, 0.15) is 144 Å². The van der Waals surface area contributed by atoms with Crippen molar-refractivity contribution in [1.29, 1.82) is 0 Å². The van der Waals surface area contributed by atoms with Gasteiger partial charge in [0.15, 0.2) is 11.6 Å². The van der Waals surface area contributed by atoms with E-state index in [9.17, 15) is 32.3 Å². The third-order valence-corrected chi connectivity index (χ3v) is 10.2. The summed E-state index contributed by atoms with van der Waals surface area (Å²) in [6.45, 7) is 16.8. The van der Waals surface area contributed by atoms with Crippen LogP contribution in [0.15, 0.2) is 59.7 Å². The molecule has 0 saturated carbocycles. The molecular formula is C45H59F3N8O5. The Morgan fingerprint density at radius 3 is 2.08 bits per heavy atom. The highest BCUT2D eigenvalue weighted by Gasteiger charge is 2.37. The second-order valence-corrected chi connectivity index (χ2v) is 14.9. The van der Waals surface area contributed by atoms with E-state index >= 15 is 0 Å². The number of Topliss-reactive ketones (excluding diaryl/α,β-unsaturated/α-hetero) is 1. The van der Waals surface area contributed by atoms with Crippen LogP contribution in [-0.4, -0.2) is 70.8 Å². The summed E-state index contributed by atoms with van der Waals surface area (Å²) in [5.41, 5.74) is 1.17. The number of carbonyl (C=O) groups excluding carboxylic acids is 3. The number of rotatable bonds is 14. The molecule has 0 bridgehead atoms. The van der Waals surface area contributed by atoms with E-state index in [1.165, 1.54) is 40.9 Å². The minimum absolute atomic E-state index is 0.0602. The molecule has 5 rings (SSSR count). The number of hydrogen-bond donors (Lipinski definition) is 2. The number of carbonyl (C=O) groups is 3. The third kappa shape index (κ3) is 11.5. The summed E-state index contributed by atoms with van der Waals surface area (Å²) in [5, 5.41) is 16.4. The van der Waals surface area contributed by atoms with Crippen molar-refractivity contribution < 1.29 is 32.7 Å². The molecule has 0 unspecified atom stereocenters. The van der Waals surface area contributed by atoms with Gasteiger partial charge >= 0.3 is 6.18 Å². The predicted octanol–water partition coefficient (Wildman–Crippen LogP) is 9.26. The summed E-state index contributed by atoms with van der Waals surface area (Å²) in [5.74, 6) is -0.992. The van der Waals surface area contributed by atoms with E-state index in [1.54, 1.807) is 50.7 Å². The van der Waals surface area contributed by atoms with Gasteiger partial charge in [0, 0.05) is 61.3 Å². The van der Waals surface area contributed by atoms with Crippen LogP contribution in [-0.2, 0) is 29.4 Å². The summed E-state index contributed by atoms with van der Waals surface area (Å²) in [6.07, 6.45) is 2.73. The molecule has 330 valence electrons. The maximum atomic E-state index is 14.5. The Hall–Kier alpha value is -5.93. The molecule has 2 N–H and O–H groups in total. The molecule has 0 atom stereocenters. The summed E-state index contributed by atoms with van der Waals surface area (Å²) in [4.78, 5) is 65.4. The van der Waals surface area contributed by atoms with Gasteiger partial charge in [0.2, 0.25) is 11.7 Å². The first-order valence-corrected chi connectivity index (χ1v) is 20.7. The summed E-state index contributed by atoms with van der Waals surface area (Å²) >= 11 is 0. The van der Waals surface area contributed by atoms with Crippen LogP contribution in [0.3, 0.4) is 0 Å². The molecule has 4 heterocycles. The summed E-state index contributed by atoms with van der Waals surface area (Å²) in [7, 11) is 3.26. The molecule has 4 aromatic heterocycles. The standard InChI is InChI=1S/C36H46F3N7O3.C7H7NO2.C2H6/c1-9-17-35(12-4,18-10-2)30-28(11-3)45(21-29(47)41-26-16-14-24(36(37,38)39)19-25(26)22(5)6)34-42-31(43-46(34)33(30)49)23-13-15-27(40-20-23)32(48)44(7)8;1-5(9)7-6(10)3-2-4-8-7;1-2/h13-16,19-20,22H,9-12,17-18,21H2,1-8H3,(H,41,47);2-4,10H,1H3;1-2H3. The first kappa shape index (κ1) is 49.4. The van der Waals surface area contributed by atoms with E-state index in [0.29, 0.717) is 35.2 Å². The van der Waals surface area contributed by atoms with Crippen molar-refractivity contribution in [2.75, 3.05) is 19.4 Å². The maximum Gasteiger partial charge on any atom is 0.416 e. The Morgan fingerprint density at radius 1 is 0.951 bits per heavy atom. The van der Waals surface area contributed by atoms with E-state index in [0.717, 1.165) is 37.8 Å². The highest BCUT2D eigenvalue weighted by Crippen LogP contribution is 2.39. The number of fused-ring (bicyclic) bond motifs is 1. The second-order valence-electron chi connectivity index (χ2n) is 14.9. The molecule has 0 saturated heterocycles. The zero-order valence-corrected chi connectivity index (χ0v) is 37.1. The van der Waals surface area contributed by atoms with Gasteiger partial charge < -0.3 is 19.9 Å². The third-order valence-electron chi connectivity index (χ3n) is 10.2. The van der Waals surface area contributed by atoms with Crippen molar-refractivity contribution in [3.8, 4) is 17.1 Å². The number of benzene rings is 1. The fourth-order valence-corrected chi connectivity index (χ4v) is 7.36. The molecule has 1 aromatic carbocycles. The number of ketones is 1. The van der Waals surface area contributed by atoms with Gasteiger partial charge in [-0.25, -0.2) is 4.98 Å². The van der Waals surface area contributed by atoms with Crippen LogP contribution in [0.4, 0.5) is 18.9 Å². The average Bonchev–Trinajstić information content (AvgIpc) is 3.68. The van der Waals surface area contributed by atoms with Gasteiger partial charge in [0.05, 0.1) is 5.56 Å². The average molecular weight is 849 g/mol. The quantitative estimate of drug-likeness (QED) is 0.104. The zero-order chi connectivity index (χ0) is 45.8. The van der Waals surface area contributed by atoms with Crippen LogP contribution >= 0.6 is 0 Å². The van der Waals surface area contributed by atoms with Crippen LogP contribution in [0.2, 0.25) is 0 Å². The van der Waals surface area contributed by atoms with Gasteiger partial charge in [-0.2, -0.15) is 22.7 Å². The Labute approximate surface area is 355 Å². The van der Waals surface area contributed by atoms with Crippen molar-refractivity contribution in [3.63, 3.8) is 0 Å². The largest absolute Gasteiger partial charge is 0.506 e. The predicted molar refractivity (Wildman–Crippen MR) is 231 cm³/mol. The Balaban J connectivity index is 0.000000716. The van der Waals surface area contributed by atoms with Gasteiger partial charge in [0.1, 0.15) is 23.7 Å². The molecule has 5 aromatic rings. The molecule has 61 heavy (non-hydrogen) atoms. The molecule has 13 nitrogen and oxygen atoms in total. The smallest absolute Gasteiger partial charge is 0.416 e. The topological polar surface area (TPSA) is 165 Å². The normalized spacial score (nSPS) is 11.4. The molecule has 0 spiro atoms. The lowest BCUT2D eigenvalue weighted by atomic mass is 9.71. The molecule has 2 amide bonds. The van der Waals surface area contributed by atoms with Crippen LogP contribution in [0.25, 0.3) is 17.2 Å². The number of halogens is 3. The lowest BCUT2D eigenvalue weighted by Gasteiger charge is -2.35. The van der Waals surface area contributed by atoms with E-state index in [-0.39, 0.29) is 64.1 Å². The van der Waals surface area contributed by atoms with E-state index < -0.39 is 23.1 Å². The van der Waals surface area contributed by atoms with E-state index in [2.05, 4.69) is 41.2 Å². The number of amides is 2. The van der Waals surface area contributed by atoms with Gasteiger partial charge in [-0.3, -0.25) is 24.2 Å². The highest BCUT2D eigenvalue weighted by molar-refractivity contribution is 5.94. The molecule has 0 aliphatic heterocycles. The van der Waals surface area contributed by atoms with Crippen molar-refractivity contribution in [3.05, 3.63) is 99.0 Å². The Morgan fingerprint density at radius 2 is 1.61 bits per heavy atom. The lowest BCUT2D eigenvalue weighted by Crippen LogP contribution is -2.39. The van der Waals surface area contributed by atoms with Crippen molar-refractivity contribution in [1.82, 2.24) is 34.0 Å². The fraction of sp³-hybridized carbons (Fsp3) is 0.467. The van der Waals surface area contributed by atoms with Crippen molar-refractivity contribution in [2.24, 2.45) is 0 Å². The number of alkyl halides is 3. The van der Waals surface area contributed by atoms with Crippen LogP contribution in [0, 0.1) is 0 Å². The van der Waals surface area contributed by atoms with Crippen LogP contribution in [0.5, 0.6) is 5.75 Å². The minimum Gasteiger partial charge on any atom is -0.506 e. The number of aromatic hydroxyl groups is 1. The molecule has 16 heteroatoms. The number of hydrogen-bond acceptors (Lipinski definition) is 9. The summed E-state index contributed by atoms with van der Waals surface area (Å²) < 4.78 is 43.5. The number of nitrogens with zero attached hydrogens (tertiary/aromatic N) is 7. The first-order valence-electron chi connectivity index (χ1n) is 20.7. The van der Waals surface area contributed by atoms with E-state index in [1.807, 2.05) is 20.8 Å². The number of aromatic nitrogens is 6. The Kier molecular flexibility index (Phi) is 17.5. The fourth-order valence-electron chi connectivity index (χ4n) is 7.36. The second kappa shape index (κ2) is 21.5. The molecule has 0 aliphatic carbocycles. The molecular weight excluding hydrogens is 790 g/mol. The highest BCUT2D eigenvalue weighted by atomic mass is 19.4. The van der Waals surface area contributed by atoms with Gasteiger partial charge in [-0.15, -0.1) is 5.10 Å². The molecule has 0 aliphatic rings. The minimum atomic E-state index is -4.52. The monoisotopic (exact) mass is 848 g/mol. The number of pyridine rings is 2. The lowest BCUT2D eigenvalue weighted by molar-refractivity contribution is -0.137. The van der Waals surface area contributed by atoms with Crippen molar-refractivity contribution >= 4 is 29.1 Å². The molecule has 0 fully saturated rings. The number of anilines is 1. The molecule has 0 radical (unpaired) electrons. The first-order chi connectivity index (χ1) is 28.8. The Bertz CT molecular complexity index is 2350. The zero-order valence-electron chi connectivity index (χ0n) is 37.1. The van der Waals surface area contributed by atoms with E-state index in [4.69, 9.17) is 10.1 Å². The van der Waals surface area contributed by atoms with Gasteiger partial charge in [-0.05, 0) is 79.6 Å². The number of nitrogens with one attached hydrogen (secondary N) is 1. The van der Waals surface area contributed by atoms with Gasteiger partial charge in [-0.1, -0.05) is 68.2 Å². The van der Waals surface area contributed by atoms with Gasteiger partial charge in [0.25, 0.3) is 11.5 Å². The maximum absolute atomic E-state index is 14.5.